The number of nitrogens with zero attached hydrogens (tertiary/aromatic N) is 1. The molecule has 1 N–H and O–H groups in total. The maximum Gasteiger partial charge on any atom is 0.263 e. The molecule has 1 heterocycles. The second-order valence-corrected chi connectivity index (χ2v) is 4.91. The van der Waals surface area contributed by atoms with Crippen molar-refractivity contribution >= 4 is 17.5 Å². The zero-order valence-corrected chi connectivity index (χ0v) is 11.9. The second kappa shape index (κ2) is 6.39. The molecule has 0 saturated carbocycles. The number of carbonyl (C=O) groups is 1. The third-order valence-electron chi connectivity index (χ3n) is 2.98. The zero-order valence-electron chi connectivity index (χ0n) is 11.1. The normalized spacial score (nSPS) is 10.3. The van der Waals surface area contributed by atoms with Crippen molar-refractivity contribution in [1.29, 1.82) is 0 Å². The third kappa shape index (κ3) is 3.48. The molecule has 0 aliphatic carbocycles. The highest BCUT2D eigenvalue weighted by Crippen LogP contribution is 2.09. The van der Waals surface area contributed by atoms with Crippen molar-refractivity contribution in [2.75, 3.05) is 6.54 Å². The van der Waals surface area contributed by atoms with Gasteiger partial charge in [0.2, 0.25) is 0 Å². The molecule has 1 aromatic carbocycles. The summed E-state index contributed by atoms with van der Waals surface area (Å²) in [4.78, 5) is 23.7. The number of hydrogen-bond acceptors (Lipinski definition) is 2. The van der Waals surface area contributed by atoms with Crippen LogP contribution in [-0.2, 0) is 13.5 Å². The molecule has 0 radical (unpaired) electrons. The van der Waals surface area contributed by atoms with Gasteiger partial charge in [-0.05, 0) is 36.2 Å². The molecule has 0 aliphatic heterocycles. The van der Waals surface area contributed by atoms with Gasteiger partial charge in [0.25, 0.3) is 11.5 Å². The maximum atomic E-state index is 11.9. The number of carbonyl (C=O) groups excluding carboxylic acids is 1. The molecular formula is C15H15ClN2O2. The first-order chi connectivity index (χ1) is 9.58. The topological polar surface area (TPSA) is 51.1 Å². The summed E-state index contributed by atoms with van der Waals surface area (Å²) in [5.74, 6) is -0.347. The minimum Gasteiger partial charge on any atom is -0.352 e. The van der Waals surface area contributed by atoms with E-state index in [0.717, 1.165) is 5.56 Å². The van der Waals surface area contributed by atoms with E-state index in [-0.39, 0.29) is 17.0 Å². The van der Waals surface area contributed by atoms with E-state index in [1.54, 1.807) is 19.3 Å². The zero-order chi connectivity index (χ0) is 14.5. The fourth-order valence-corrected chi connectivity index (χ4v) is 1.96. The number of rotatable bonds is 4. The van der Waals surface area contributed by atoms with Crippen LogP contribution in [-0.4, -0.2) is 17.0 Å². The average Bonchev–Trinajstić information content (AvgIpc) is 2.44. The van der Waals surface area contributed by atoms with Crippen molar-refractivity contribution in [3.05, 3.63) is 69.1 Å². The van der Waals surface area contributed by atoms with Crippen LogP contribution >= 0.6 is 11.6 Å². The van der Waals surface area contributed by atoms with Gasteiger partial charge >= 0.3 is 0 Å². The van der Waals surface area contributed by atoms with Gasteiger partial charge in [0.1, 0.15) is 5.56 Å². The standard InChI is InChI=1S/C15H15ClN2O2/c1-18-10-2-3-13(15(18)20)14(19)17-9-8-11-4-6-12(16)7-5-11/h2-7,10H,8-9H2,1H3,(H,17,19). The van der Waals surface area contributed by atoms with Crippen LogP contribution in [0.3, 0.4) is 0 Å². The average molecular weight is 291 g/mol. The molecule has 2 rings (SSSR count). The first-order valence-corrected chi connectivity index (χ1v) is 6.64. The summed E-state index contributed by atoms with van der Waals surface area (Å²) in [7, 11) is 1.62. The summed E-state index contributed by atoms with van der Waals surface area (Å²) in [5, 5.41) is 3.43. The second-order valence-electron chi connectivity index (χ2n) is 4.47. The predicted molar refractivity (Wildman–Crippen MR) is 79.2 cm³/mol. The number of aryl methyl sites for hydroxylation is 1. The van der Waals surface area contributed by atoms with E-state index >= 15 is 0 Å². The summed E-state index contributed by atoms with van der Waals surface area (Å²) >= 11 is 5.80. The lowest BCUT2D eigenvalue weighted by atomic mass is 10.1. The molecular weight excluding hydrogens is 276 g/mol. The Morgan fingerprint density at radius 1 is 1.25 bits per heavy atom. The smallest absolute Gasteiger partial charge is 0.263 e. The van der Waals surface area contributed by atoms with Crippen LogP contribution in [0, 0.1) is 0 Å². The number of aromatic nitrogens is 1. The van der Waals surface area contributed by atoms with Gasteiger partial charge in [0, 0.05) is 24.8 Å². The monoisotopic (exact) mass is 290 g/mol. The molecule has 0 saturated heterocycles. The number of nitrogens with one attached hydrogen (secondary N) is 1. The van der Waals surface area contributed by atoms with Gasteiger partial charge in [0.05, 0.1) is 0 Å². The van der Waals surface area contributed by atoms with E-state index < -0.39 is 0 Å². The fraction of sp³-hybridized carbons (Fsp3) is 0.200. The van der Waals surface area contributed by atoms with Crippen LogP contribution in [0.1, 0.15) is 15.9 Å². The Balaban J connectivity index is 1.94. The van der Waals surface area contributed by atoms with Crippen molar-refractivity contribution in [3.63, 3.8) is 0 Å². The van der Waals surface area contributed by atoms with Crippen LogP contribution < -0.4 is 10.9 Å². The lowest BCUT2D eigenvalue weighted by Crippen LogP contribution is -2.32. The summed E-state index contributed by atoms with van der Waals surface area (Å²) in [6, 6.07) is 10.7. The van der Waals surface area contributed by atoms with E-state index in [0.29, 0.717) is 18.0 Å². The molecule has 4 nitrogen and oxygen atoms in total. The largest absolute Gasteiger partial charge is 0.352 e. The number of halogens is 1. The lowest BCUT2D eigenvalue weighted by molar-refractivity contribution is 0.0952. The molecule has 5 heteroatoms. The molecule has 0 fully saturated rings. The molecule has 0 atom stereocenters. The van der Waals surface area contributed by atoms with Crippen LogP contribution in [0.2, 0.25) is 5.02 Å². The van der Waals surface area contributed by atoms with Gasteiger partial charge in [-0.3, -0.25) is 9.59 Å². The van der Waals surface area contributed by atoms with Gasteiger partial charge in [-0.2, -0.15) is 0 Å². The summed E-state index contributed by atoms with van der Waals surface area (Å²) in [5.41, 5.74) is 0.943. The quantitative estimate of drug-likeness (QED) is 0.936. The Kier molecular flexibility index (Phi) is 4.58. The van der Waals surface area contributed by atoms with E-state index in [9.17, 15) is 9.59 Å². The van der Waals surface area contributed by atoms with Crippen molar-refractivity contribution in [2.45, 2.75) is 6.42 Å². The SMILES string of the molecule is Cn1cccc(C(=O)NCCc2ccc(Cl)cc2)c1=O. The Morgan fingerprint density at radius 3 is 2.65 bits per heavy atom. The predicted octanol–water partition coefficient (Wildman–Crippen LogP) is 2.01. The van der Waals surface area contributed by atoms with Crippen molar-refractivity contribution in [2.24, 2.45) is 7.05 Å². The molecule has 2 aromatic rings. The Labute approximate surface area is 122 Å². The van der Waals surface area contributed by atoms with E-state index in [4.69, 9.17) is 11.6 Å². The first-order valence-electron chi connectivity index (χ1n) is 6.26. The third-order valence-corrected chi connectivity index (χ3v) is 3.23. The Morgan fingerprint density at radius 2 is 1.95 bits per heavy atom. The van der Waals surface area contributed by atoms with Gasteiger partial charge in [-0.15, -0.1) is 0 Å². The number of amides is 1. The molecule has 1 aromatic heterocycles. The van der Waals surface area contributed by atoms with Gasteiger partial charge < -0.3 is 9.88 Å². The lowest BCUT2D eigenvalue weighted by Gasteiger charge is -2.06. The number of hydrogen-bond donors (Lipinski definition) is 1. The minimum absolute atomic E-state index is 0.158. The highest BCUT2D eigenvalue weighted by Gasteiger charge is 2.09. The molecule has 0 bridgehead atoms. The summed E-state index contributed by atoms with van der Waals surface area (Å²) in [6.45, 7) is 0.471. The van der Waals surface area contributed by atoms with E-state index in [1.807, 2.05) is 24.3 Å². The first kappa shape index (κ1) is 14.3. The van der Waals surface area contributed by atoms with Crippen molar-refractivity contribution < 1.29 is 4.79 Å². The number of pyridine rings is 1. The van der Waals surface area contributed by atoms with E-state index in [2.05, 4.69) is 5.32 Å². The van der Waals surface area contributed by atoms with Gasteiger partial charge in [-0.1, -0.05) is 23.7 Å². The van der Waals surface area contributed by atoms with Crippen LogP contribution in [0.15, 0.2) is 47.4 Å². The van der Waals surface area contributed by atoms with Crippen LogP contribution in [0.5, 0.6) is 0 Å². The van der Waals surface area contributed by atoms with Crippen LogP contribution in [0.4, 0.5) is 0 Å². The Hall–Kier alpha value is -2.07. The van der Waals surface area contributed by atoms with Gasteiger partial charge in [-0.25, -0.2) is 0 Å². The summed E-state index contributed by atoms with van der Waals surface area (Å²) in [6.07, 6.45) is 2.31. The molecule has 0 aliphatic rings. The Bertz CT molecular complexity index is 662. The number of benzene rings is 1. The van der Waals surface area contributed by atoms with Crippen molar-refractivity contribution in [3.8, 4) is 0 Å². The molecule has 20 heavy (non-hydrogen) atoms. The molecule has 1 amide bonds. The highest BCUT2D eigenvalue weighted by molar-refractivity contribution is 6.30. The van der Waals surface area contributed by atoms with Crippen LogP contribution in [0.25, 0.3) is 0 Å². The molecule has 104 valence electrons. The maximum absolute atomic E-state index is 11.9. The minimum atomic E-state index is -0.347. The highest BCUT2D eigenvalue weighted by atomic mass is 35.5. The molecule has 0 unspecified atom stereocenters. The molecule has 0 spiro atoms. The van der Waals surface area contributed by atoms with Crippen molar-refractivity contribution in [1.82, 2.24) is 9.88 Å². The van der Waals surface area contributed by atoms with Gasteiger partial charge in [0.15, 0.2) is 0 Å². The summed E-state index contributed by atoms with van der Waals surface area (Å²) < 4.78 is 1.38. The van der Waals surface area contributed by atoms with E-state index in [1.165, 1.54) is 10.6 Å². The fourth-order valence-electron chi connectivity index (χ4n) is 1.84.